The minimum absolute atomic E-state index is 0.209. The molecule has 0 aliphatic rings. The van der Waals surface area contributed by atoms with Crippen LogP contribution < -0.4 is 5.73 Å². The monoisotopic (exact) mass is 548 g/mol. The zero-order chi connectivity index (χ0) is 27.9. The molecule has 0 aliphatic heterocycles. The van der Waals surface area contributed by atoms with Crippen molar-refractivity contribution in [2.45, 2.75) is 25.9 Å². The first-order valence-electron chi connectivity index (χ1n) is 12.7. The number of hydrogen-bond acceptors (Lipinski definition) is 8. The molecule has 0 unspecified atom stereocenters. The number of aromatic nitrogens is 5. The van der Waals surface area contributed by atoms with Gasteiger partial charge in [0.05, 0.1) is 45.9 Å². The van der Waals surface area contributed by atoms with Gasteiger partial charge < -0.3 is 15.3 Å². The molecule has 6 aromatic rings. The molecule has 0 spiro atoms. The Hall–Kier alpha value is -4.66. The molecule has 4 heterocycles. The SMILES string of the molecule is CC(C)(O)c1cccc(Cc2ncc(-c3nc(-c4cc(Cl)c5ncccc5c4)c(-c4ccccc4)nc3N)o2)n1. The van der Waals surface area contributed by atoms with Gasteiger partial charge in [-0.15, -0.1) is 0 Å². The Morgan fingerprint density at radius 1 is 0.850 bits per heavy atom. The van der Waals surface area contributed by atoms with Gasteiger partial charge >= 0.3 is 0 Å². The Bertz CT molecular complexity index is 1850. The lowest BCUT2D eigenvalue weighted by atomic mass is 10.0. The van der Waals surface area contributed by atoms with E-state index in [0.717, 1.165) is 16.5 Å². The number of halogens is 1. The van der Waals surface area contributed by atoms with Gasteiger partial charge in [-0.2, -0.15) is 0 Å². The number of rotatable bonds is 6. The number of pyridine rings is 2. The Morgan fingerprint density at radius 2 is 1.65 bits per heavy atom. The van der Waals surface area contributed by atoms with E-state index >= 15 is 0 Å². The summed E-state index contributed by atoms with van der Waals surface area (Å²) in [5.74, 6) is 1.03. The second-order valence-corrected chi connectivity index (χ2v) is 10.3. The van der Waals surface area contributed by atoms with Crippen molar-refractivity contribution in [2.75, 3.05) is 5.73 Å². The molecule has 0 amide bonds. The molecule has 198 valence electrons. The second-order valence-electron chi connectivity index (χ2n) is 9.92. The highest BCUT2D eigenvalue weighted by atomic mass is 35.5. The highest BCUT2D eigenvalue weighted by Gasteiger charge is 2.21. The number of nitrogen functional groups attached to an aromatic ring is 1. The molecule has 8 nitrogen and oxygen atoms in total. The molecule has 0 saturated heterocycles. The number of anilines is 1. The minimum Gasteiger partial charge on any atom is -0.439 e. The van der Waals surface area contributed by atoms with E-state index in [4.69, 9.17) is 31.7 Å². The van der Waals surface area contributed by atoms with E-state index in [1.54, 1.807) is 32.3 Å². The number of aliphatic hydroxyl groups is 1. The highest BCUT2D eigenvalue weighted by molar-refractivity contribution is 6.35. The second kappa shape index (κ2) is 10.1. The normalized spacial score (nSPS) is 11.7. The van der Waals surface area contributed by atoms with Gasteiger partial charge in [-0.1, -0.05) is 54.1 Å². The Balaban J connectivity index is 1.44. The molecule has 0 aliphatic carbocycles. The van der Waals surface area contributed by atoms with Crippen molar-refractivity contribution >= 4 is 28.3 Å². The lowest BCUT2D eigenvalue weighted by Crippen LogP contribution is -2.18. The van der Waals surface area contributed by atoms with Crippen molar-refractivity contribution in [3.8, 4) is 34.0 Å². The van der Waals surface area contributed by atoms with Crippen LogP contribution in [-0.4, -0.2) is 30.0 Å². The van der Waals surface area contributed by atoms with Gasteiger partial charge in [0.15, 0.2) is 17.3 Å². The number of hydrogen-bond donors (Lipinski definition) is 2. The zero-order valence-corrected chi connectivity index (χ0v) is 22.6. The predicted molar refractivity (Wildman–Crippen MR) is 155 cm³/mol. The standard InChI is InChI=1S/C31H25ClN6O2/c1-31(2,39)24-12-6-11-21(36-24)16-25-35-17-23(40-25)29-30(33)38-27(18-8-4-3-5-9-18)28(37-29)20-14-19-10-7-13-34-26(19)22(32)15-20/h3-15,17,39H,16H2,1-2H3,(H2,33,38). The third kappa shape index (κ3) is 5.02. The van der Waals surface area contributed by atoms with Crippen molar-refractivity contribution in [1.29, 1.82) is 0 Å². The number of oxazole rings is 1. The first kappa shape index (κ1) is 25.6. The molecule has 0 bridgehead atoms. The van der Waals surface area contributed by atoms with Crippen LogP contribution in [0.4, 0.5) is 5.82 Å². The molecule has 9 heteroatoms. The van der Waals surface area contributed by atoms with Crippen LogP contribution in [0.15, 0.2) is 89.6 Å². The zero-order valence-electron chi connectivity index (χ0n) is 21.8. The van der Waals surface area contributed by atoms with E-state index in [-0.39, 0.29) is 5.82 Å². The Kier molecular flexibility index (Phi) is 6.50. The number of fused-ring (bicyclic) bond motifs is 1. The maximum atomic E-state index is 10.3. The highest BCUT2D eigenvalue weighted by Crippen LogP contribution is 2.37. The number of nitrogens with zero attached hydrogens (tertiary/aromatic N) is 5. The average Bonchev–Trinajstić information content (AvgIpc) is 3.41. The summed E-state index contributed by atoms with van der Waals surface area (Å²) in [6.07, 6.45) is 3.63. The van der Waals surface area contributed by atoms with E-state index in [1.807, 2.05) is 66.7 Å². The summed E-state index contributed by atoms with van der Waals surface area (Å²) >= 11 is 6.63. The lowest BCUT2D eigenvalue weighted by Gasteiger charge is -2.16. The molecule has 0 radical (unpaired) electrons. The molecular formula is C31H25ClN6O2. The van der Waals surface area contributed by atoms with Gasteiger partial charge in [-0.05, 0) is 44.2 Å². The molecule has 6 rings (SSSR count). The molecular weight excluding hydrogens is 524 g/mol. The molecule has 0 atom stereocenters. The maximum Gasteiger partial charge on any atom is 0.201 e. The lowest BCUT2D eigenvalue weighted by molar-refractivity contribution is 0.0736. The summed E-state index contributed by atoms with van der Waals surface area (Å²) in [6.45, 7) is 3.39. The van der Waals surface area contributed by atoms with Crippen LogP contribution in [0.5, 0.6) is 0 Å². The van der Waals surface area contributed by atoms with Gasteiger partial charge in [0.1, 0.15) is 5.60 Å². The summed E-state index contributed by atoms with van der Waals surface area (Å²) in [5, 5.41) is 11.7. The summed E-state index contributed by atoms with van der Waals surface area (Å²) in [4.78, 5) is 23.1. The van der Waals surface area contributed by atoms with E-state index in [1.165, 1.54) is 0 Å². The van der Waals surface area contributed by atoms with Crippen LogP contribution in [0.25, 0.3) is 44.9 Å². The summed E-state index contributed by atoms with van der Waals surface area (Å²) in [5.41, 5.74) is 10.6. The largest absolute Gasteiger partial charge is 0.439 e. The first-order valence-corrected chi connectivity index (χ1v) is 13.1. The molecule has 3 N–H and O–H groups in total. The van der Waals surface area contributed by atoms with Crippen molar-refractivity contribution in [3.63, 3.8) is 0 Å². The third-order valence-electron chi connectivity index (χ3n) is 6.45. The van der Waals surface area contributed by atoms with Gasteiger partial charge in [0, 0.05) is 22.7 Å². The first-order chi connectivity index (χ1) is 19.3. The van der Waals surface area contributed by atoms with Crippen molar-refractivity contribution in [2.24, 2.45) is 0 Å². The fraction of sp³-hybridized carbons (Fsp3) is 0.129. The maximum absolute atomic E-state index is 10.3. The van der Waals surface area contributed by atoms with Crippen molar-refractivity contribution in [3.05, 3.63) is 107 Å². The fourth-order valence-corrected chi connectivity index (χ4v) is 4.76. The van der Waals surface area contributed by atoms with E-state index < -0.39 is 5.60 Å². The van der Waals surface area contributed by atoms with Gasteiger partial charge in [-0.3, -0.25) is 9.97 Å². The van der Waals surface area contributed by atoms with Crippen molar-refractivity contribution in [1.82, 2.24) is 24.9 Å². The molecule has 0 saturated carbocycles. The van der Waals surface area contributed by atoms with Gasteiger partial charge in [0.2, 0.25) is 5.89 Å². The third-order valence-corrected chi connectivity index (χ3v) is 6.74. The van der Waals surface area contributed by atoms with Gasteiger partial charge in [-0.25, -0.2) is 15.0 Å². The Labute approximate surface area is 235 Å². The van der Waals surface area contributed by atoms with E-state index in [0.29, 0.717) is 57.1 Å². The minimum atomic E-state index is -1.06. The van der Waals surface area contributed by atoms with E-state index in [2.05, 4.69) is 15.0 Å². The quantitative estimate of drug-likeness (QED) is 0.243. The van der Waals surface area contributed by atoms with Crippen LogP contribution in [0, 0.1) is 0 Å². The van der Waals surface area contributed by atoms with Crippen molar-refractivity contribution < 1.29 is 9.52 Å². The van der Waals surface area contributed by atoms with Gasteiger partial charge in [0.25, 0.3) is 0 Å². The van der Waals surface area contributed by atoms with Crippen LogP contribution >= 0.6 is 11.6 Å². The van der Waals surface area contributed by atoms with E-state index in [9.17, 15) is 5.11 Å². The molecule has 4 aromatic heterocycles. The summed E-state index contributed by atoms with van der Waals surface area (Å²) < 4.78 is 6.08. The topological polar surface area (TPSA) is 124 Å². The summed E-state index contributed by atoms with van der Waals surface area (Å²) in [6, 6.07) is 22.9. The van der Waals surface area contributed by atoms with Crippen LogP contribution in [0.1, 0.15) is 31.1 Å². The summed E-state index contributed by atoms with van der Waals surface area (Å²) in [7, 11) is 0. The average molecular weight is 549 g/mol. The number of benzene rings is 2. The van der Waals surface area contributed by atoms with Crippen LogP contribution in [-0.2, 0) is 12.0 Å². The fourth-order valence-electron chi connectivity index (χ4n) is 4.49. The Morgan fingerprint density at radius 3 is 2.45 bits per heavy atom. The molecule has 2 aromatic carbocycles. The smallest absolute Gasteiger partial charge is 0.201 e. The van der Waals surface area contributed by atoms with Crippen LogP contribution in [0.2, 0.25) is 5.02 Å². The molecule has 0 fully saturated rings. The predicted octanol–water partition coefficient (Wildman–Crippen LogP) is 6.46. The molecule has 40 heavy (non-hydrogen) atoms. The number of nitrogens with two attached hydrogens (primary N) is 1. The van der Waals surface area contributed by atoms with Crippen LogP contribution in [0.3, 0.4) is 0 Å².